The minimum Gasteiger partial charge on any atom is -0.318 e. The summed E-state index contributed by atoms with van der Waals surface area (Å²) in [7, 11) is 0. The molecule has 0 radical (unpaired) electrons. The first kappa shape index (κ1) is 25.4. The van der Waals surface area contributed by atoms with Crippen molar-refractivity contribution in [1.82, 2.24) is 9.88 Å². The number of aryl methyl sites for hydroxylation is 1. The van der Waals surface area contributed by atoms with Gasteiger partial charge in [0.25, 0.3) is 11.8 Å². The molecule has 1 N–H and O–H groups in total. The number of nitrogens with one attached hydrogen (secondary N) is 1. The number of anilines is 1. The van der Waals surface area contributed by atoms with Crippen LogP contribution in [0.5, 0.6) is 0 Å². The molecule has 5 fully saturated rings. The molecule has 2 amide bonds. The van der Waals surface area contributed by atoms with Crippen LogP contribution in [-0.2, 0) is 15.0 Å². The Kier molecular flexibility index (Phi) is 5.86. The lowest BCUT2D eigenvalue weighted by molar-refractivity contribution is -0.122. The molecule has 1 aromatic heterocycles. The number of nitrogens with zero attached hydrogens (tertiary/aromatic N) is 2. The van der Waals surface area contributed by atoms with Gasteiger partial charge < -0.3 is 4.57 Å². The van der Waals surface area contributed by atoms with Crippen LogP contribution in [-0.4, -0.2) is 21.5 Å². The third kappa shape index (κ3) is 3.97. The van der Waals surface area contributed by atoms with Gasteiger partial charge in [0.15, 0.2) is 5.11 Å². The Balaban J connectivity index is 1.20. The number of carbonyl (C=O) groups excluding carboxylic acids is 2. The number of para-hydroxylation sites is 1. The van der Waals surface area contributed by atoms with Crippen LogP contribution in [0.4, 0.5) is 10.1 Å². The molecule has 0 atom stereocenters. The number of thiocarbonyl (C=S) groups is 1. The third-order valence-corrected chi connectivity index (χ3v) is 10.0. The van der Waals surface area contributed by atoms with Gasteiger partial charge in [0.05, 0.1) is 5.69 Å². The summed E-state index contributed by atoms with van der Waals surface area (Å²) in [6.07, 6.45) is 9.88. The summed E-state index contributed by atoms with van der Waals surface area (Å²) in [4.78, 5) is 27.3. The van der Waals surface area contributed by atoms with Gasteiger partial charge in [-0.3, -0.25) is 14.9 Å². The van der Waals surface area contributed by atoms with E-state index in [9.17, 15) is 14.0 Å². The first-order valence-corrected chi connectivity index (χ1v) is 14.6. The molecule has 40 heavy (non-hydrogen) atoms. The van der Waals surface area contributed by atoms with E-state index < -0.39 is 17.6 Å². The molecule has 4 bridgehead atoms. The van der Waals surface area contributed by atoms with Gasteiger partial charge in [-0.25, -0.2) is 9.29 Å². The van der Waals surface area contributed by atoms with Crippen molar-refractivity contribution < 1.29 is 14.0 Å². The zero-order chi connectivity index (χ0) is 27.8. The molecular formula is C33H32FN3O2S. The van der Waals surface area contributed by atoms with Crippen molar-refractivity contribution in [3.05, 3.63) is 88.5 Å². The number of rotatable bonds is 4. The number of hydrogen-bond donors (Lipinski definition) is 1. The van der Waals surface area contributed by atoms with Gasteiger partial charge in [0.1, 0.15) is 11.4 Å². The lowest BCUT2D eigenvalue weighted by atomic mass is 9.48. The third-order valence-electron chi connectivity index (χ3n) is 9.74. The molecule has 4 aliphatic carbocycles. The Bertz CT molecular complexity index is 1570. The van der Waals surface area contributed by atoms with E-state index in [1.54, 1.807) is 12.1 Å². The Morgan fingerprint density at radius 2 is 1.57 bits per heavy atom. The number of benzene rings is 2. The van der Waals surface area contributed by atoms with E-state index in [2.05, 4.69) is 34.1 Å². The van der Waals surface area contributed by atoms with Gasteiger partial charge in [-0.2, -0.15) is 0 Å². The van der Waals surface area contributed by atoms with Crippen LogP contribution in [0.3, 0.4) is 0 Å². The highest BCUT2D eigenvalue weighted by molar-refractivity contribution is 7.80. The first-order valence-electron chi connectivity index (χ1n) is 14.2. The zero-order valence-electron chi connectivity index (χ0n) is 22.7. The maximum atomic E-state index is 14.5. The van der Waals surface area contributed by atoms with Crippen LogP contribution in [0, 0.1) is 37.4 Å². The van der Waals surface area contributed by atoms with Crippen LogP contribution in [0.1, 0.15) is 61.0 Å². The van der Waals surface area contributed by atoms with E-state index in [-0.39, 0.29) is 16.4 Å². The van der Waals surface area contributed by atoms with Gasteiger partial charge >= 0.3 is 0 Å². The molecule has 2 heterocycles. The van der Waals surface area contributed by atoms with E-state index in [1.165, 1.54) is 62.3 Å². The van der Waals surface area contributed by atoms with E-state index in [0.29, 0.717) is 5.41 Å². The second-order valence-electron chi connectivity index (χ2n) is 12.3. The Morgan fingerprint density at radius 3 is 2.20 bits per heavy atom. The van der Waals surface area contributed by atoms with Gasteiger partial charge in [-0.15, -0.1) is 0 Å². The van der Waals surface area contributed by atoms with Gasteiger partial charge in [0.2, 0.25) is 0 Å². The number of halogens is 1. The highest BCUT2D eigenvalue weighted by Crippen LogP contribution is 2.60. The van der Waals surface area contributed by atoms with Crippen molar-refractivity contribution in [2.75, 3.05) is 4.90 Å². The van der Waals surface area contributed by atoms with Crippen LogP contribution < -0.4 is 10.2 Å². The van der Waals surface area contributed by atoms with Crippen LogP contribution in [0.15, 0.2) is 60.2 Å². The fraction of sp³-hybridized carbons (Fsp3) is 0.364. The highest BCUT2D eigenvalue weighted by Gasteiger charge is 2.51. The fourth-order valence-corrected chi connectivity index (χ4v) is 8.70. The molecule has 7 heteroatoms. The molecule has 2 aromatic carbocycles. The predicted molar refractivity (Wildman–Crippen MR) is 158 cm³/mol. The molecular weight excluding hydrogens is 521 g/mol. The van der Waals surface area contributed by atoms with Gasteiger partial charge in [-0.1, -0.05) is 24.3 Å². The second kappa shape index (κ2) is 9.23. The molecule has 1 aliphatic heterocycles. The van der Waals surface area contributed by atoms with Crippen LogP contribution >= 0.6 is 12.2 Å². The summed E-state index contributed by atoms with van der Waals surface area (Å²) in [5.74, 6) is 0.872. The maximum absolute atomic E-state index is 14.5. The maximum Gasteiger partial charge on any atom is 0.270 e. The summed E-state index contributed by atoms with van der Waals surface area (Å²) >= 11 is 5.22. The second-order valence-corrected chi connectivity index (χ2v) is 12.7. The molecule has 8 rings (SSSR count). The van der Waals surface area contributed by atoms with Gasteiger partial charge in [0, 0.05) is 17.1 Å². The summed E-state index contributed by atoms with van der Waals surface area (Å²) in [5, 5.41) is 2.41. The molecule has 5 aliphatic rings. The average molecular weight is 554 g/mol. The van der Waals surface area contributed by atoms with Crippen molar-refractivity contribution in [3.8, 4) is 5.69 Å². The summed E-state index contributed by atoms with van der Waals surface area (Å²) < 4.78 is 16.7. The molecule has 1 saturated heterocycles. The predicted octanol–water partition coefficient (Wildman–Crippen LogP) is 6.53. The lowest BCUT2D eigenvalue weighted by Crippen LogP contribution is -2.54. The number of amides is 2. The van der Waals surface area contributed by atoms with E-state index in [1.807, 2.05) is 19.9 Å². The van der Waals surface area contributed by atoms with Crippen molar-refractivity contribution in [2.45, 2.75) is 57.8 Å². The van der Waals surface area contributed by atoms with Crippen molar-refractivity contribution in [1.29, 1.82) is 0 Å². The van der Waals surface area contributed by atoms with E-state index in [4.69, 9.17) is 12.2 Å². The van der Waals surface area contributed by atoms with Gasteiger partial charge in [-0.05, 0) is 135 Å². The Morgan fingerprint density at radius 1 is 0.950 bits per heavy atom. The lowest BCUT2D eigenvalue weighted by Gasteiger charge is -2.57. The fourth-order valence-electron chi connectivity index (χ4n) is 8.42. The molecule has 4 saturated carbocycles. The smallest absolute Gasteiger partial charge is 0.270 e. The largest absolute Gasteiger partial charge is 0.318 e. The van der Waals surface area contributed by atoms with E-state index in [0.717, 1.165) is 45.3 Å². The minimum absolute atomic E-state index is 0.00739. The Labute approximate surface area is 239 Å². The number of aromatic nitrogens is 1. The zero-order valence-corrected chi connectivity index (χ0v) is 23.6. The monoisotopic (exact) mass is 553 g/mol. The molecule has 204 valence electrons. The van der Waals surface area contributed by atoms with Crippen molar-refractivity contribution >= 4 is 40.9 Å². The van der Waals surface area contributed by atoms with Crippen molar-refractivity contribution in [2.24, 2.45) is 17.8 Å². The minimum atomic E-state index is -0.649. The summed E-state index contributed by atoms with van der Waals surface area (Å²) in [6.45, 7) is 4.00. The molecule has 0 spiro atoms. The van der Waals surface area contributed by atoms with Crippen LogP contribution in [0.2, 0.25) is 0 Å². The SMILES string of the molecule is Cc1cc(/C=C2\C(=O)NC(=S)N(c3ccccc3F)C2=O)c(C)n1-c1ccc(C23CC4CC(CC(C4)C2)C3)cc1. The standard InChI is InChI=1S/C33H32FN3O2S/c1-19-11-24(15-27-30(38)35-32(40)37(31(27)39)29-6-4-3-5-28(29)34)20(2)36(19)26-9-7-25(8-10-26)33-16-21-12-22(17-33)14-23(13-21)18-33/h3-11,15,21-23H,12-14,16-18H2,1-2H3,(H,35,38,40)/b27-15+. The normalized spacial score (nSPS) is 28.5. The first-order chi connectivity index (χ1) is 19.2. The average Bonchev–Trinajstić information content (AvgIpc) is 3.19. The van der Waals surface area contributed by atoms with Crippen molar-refractivity contribution in [3.63, 3.8) is 0 Å². The molecule has 5 nitrogen and oxygen atoms in total. The molecule has 0 unspecified atom stereocenters. The number of hydrogen-bond acceptors (Lipinski definition) is 3. The molecule has 3 aromatic rings. The van der Waals surface area contributed by atoms with Crippen LogP contribution in [0.25, 0.3) is 11.8 Å². The highest BCUT2D eigenvalue weighted by atomic mass is 32.1. The van der Waals surface area contributed by atoms with E-state index >= 15 is 0 Å². The Hall–Kier alpha value is -3.58. The number of carbonyl (C=O) groups is 2. The summed E-state index contributed by atoms with van der Waals surface area (Å²) in [5.41, 5.74) is 5.47. The summed E-state index contributed by atoms with van der Waals surface area (Å²) in [6, 6.07) is 16.9. The topological polar surface area (TPSA) is 54.3 Å². The quantitative estimate of drug-likeness (QED) is 0.227.